The fraction of sp³-hybridized carbons (Fsp3) is 0.280. The van der Waals surface area contributed by atoms with Gasteiger partial charge in [0.2, 0.25) is 5.95 Å². The van der Waals surface area contributed by atoms with Gasteiger partial charge in [0, 0.05) is 42.8 Å². The first-order valence-electron chi connectivity index (χ1n) is 11.6. The number of carbonyl (C=O) groups is 2. The second kappa shape index (κ2) is 7.48. The second-order valence-electron chi connectivity index (χ2n) is 9.07. The molecule has 170 valence electrons. The molecule has 0 aliphatic carbocycles. The van der Waals surface area contributed by atoms with Gasteiger partial charge in [-0.25, -0.2) is 9.97 Å². The van der Waals surface area contributed by atoms with Crippen LogP contribution in [0.15, 0.2) is 41.9 Å². The van der Waals surface area contributed by atoms with Crippen molar-refractivity contribution in [2.45, 2.75) is 18.9 Å². The summed E-state index contributed by atoms with van der Waals surface area (Å²) in [6.07, 6.45) is 4.22. The number of nitrogens with zero attached hydrogens (tertiary/aromatic N) is 4. The van der Waals surface area contributed by atoms with Crippen LogP contribution in [0.25, 0.3) is 32.3 Å². The van der Waals surface area contributed by atoms with Crippen molar-refractivity contribution in [2.24, 2.45) is 0 Å². The van der Waals surface area contributed by atoms with Gasteiger partial charge in [-0.1, -0.05) is 18.2 Å². The number of para-hydroxylation sites is 1. The van der Waals surface area contributed by atoms with Gasteiger partial charge in [0.05, 0.1) is 32.6 Å². The topological polar surface area (TPSA) is 94.2 Å². The third-order valence-corrected chi connectivity index (χ3v) is 8.13. The summed E-state index contributed by atoms with van der Waals surface area (Å²) in [4.78, 5) is 44.0. The number of piperazine rings is 1. The van der Waals surface area contributed by atoms with Crippen LogP contribution in [-0.4, -0.2) is 63.9 Å². The van der Waals surface area contributed by atoms with E-state index in [4.69, 9.17) is 9.97 Å². The monoisotopic (exact) mass is 470 g/mol. The van der Waals surface area contributed by atoms with Gasteiger partial charge in [-0.2, -0.15) is 0 Å². The molecule has 0 bridgehead atoms. The van der Waals surface area contributed by atoms with E-state index < -0.39 is 11.8 Å². The van der Waals surface area contributed by atoms with Gasteiger partial charge in [-0.15, -0.1) is 11.3 Å². The summed E-state index contributed by atoms with van der Waals surface area (Å²) < 4.78 is 0.952. The standard InChI is InChI=1S/C25H22N6O2S/c32-23-19(16-12-26-18-7-11-34-22(16)18)20(24(33)29-23)21-15-5-1-2-6-17(15)27-25(28-21)31-10-9-30-8-3-4-14(30)13-31/h1-2,5-7,11-12,14,26H,3-4,8-10,13H2,(H,29,32,33)/t14-/m0/s1. The normalized spacial score (nSPS) is 21.2. The highest BCUT2D eigenvalue weighted by Gasteiger charge is 2.37. The summed E-state index contributed by atoms with van der Waals surface area (Å²) in [7, 11) is 0. The number of carbonyl (C=O) groups excluding carboxylic acids is 2. The largest absolute Gasteiger partial charge is 0.360 e. The molecule has 7 rings (SSSR count). The average molecular weight is 471 g/mol. The van der Waals surface area contributed by atoms with E-state index in [0.717, 1.165) is 52.9 Å². The van der Waals surface area contributed by atoms with Gasteiger partial charge in [0.25, 0.3) is 11.8 Å². The maximum atomic E-state index is 13.2. The number of H-pyrrole nitrogens is 1. The summed E-state index contributed by atoms with van der Waals surface area (Å²) in [5, 5.41) is 5.25. The Balaban J connectivity index is 1.43. The number of hydrogen-bond donors (Lipinski definition) is 2. The molecule has 3 aliphatic rings. The maximum absolute atomic E-state index is 13.2. The summed E-state index contributed by atoms with van der Waals surface area (Å²) in [6.45, 7) is 3.87. The first kappa shape index (κ1) is 19.9. The Hall–Kier alpha value is -3.56. The molecule has 0 spiro atoms. The lowest BCUT2D eigenvalue weighted by Gasteiger charge is -2.37. The first-order valence-corrected chi connectivity index (χ1v) is 12.5. The Morgan fingerprint density at radius 1 is 1.00 bits per heavy atom. The summed E-state index contributed by atoms with van der Waals surface area (Å²) in [5.74, 6) is -0.186. The molecule has 2 amide bonds. The van der Waals surface area contributed by atoms with Gasteiger partial charge in [0.15, 0.2) is 0 Å². The van der Waals surface area contributed by atoms with Crippen molar-refractivity contribution in [2.75, 3.05) is 31.1 Å². The second-order valence-corrected chi connectivity index (χ2v) is 9.98. The number of hydrogen-bond acceptors (Lipinski definition) is 7. The van der Waals surface area contributed by atoms with Crippen LogP contribution in [0.3, 0.4) is 0 Å². The fourth-order valence-corrected chi connectivity index (χ4v) is 6.42. The number of fused-ring (bicyclic) bond motifs is 3. The Morgan fingerprint density at radius 3 is 2.82 bits per heavy atom. The molecule has 8 nitrogen and oxygen atoms in total. The molecule has 0 radical (unpaired) electrons. The summed E-state index contributed by atoms with van der Waals surface area (Å²) in [5.41, 5.74) is 3.64. The zero-order valence-corrected chi connectivity index (χ0v) is 19.2. The molecule has 0 unspecified atom stereocenters. The fourth-order valence-electron chi connectivity index (χ4n) is 5.54. The molecular weight excluding hydrogens is 448 g/mol. The van der Waals surface area contributed by atoms with Crippen LogP contribution in [0.1, 0.15) is 24.1 Å². The number of thiophene rings is 1. The molecule has 6 heterocycles. The van der Waals surface area contributed by atoms with E-state index in [9.17, 15) is 9.59 Å². The third-order valence-electron chi connectivity index (χ3n) is 7.18. The molecule has 2 saturated heterocycles. The molecule has 3 aromatic heterocycles. The maximum Gasteiger partial charge on any atom is 0.261 e. The third kappa shape index (κ3) is 2.93. The van der Waals surface area contributed by atoms with E-state index in [-0.39, 0.29) is 0 Å². The van der Waals surface area contributed by atoms with Crippen molar-refractivity contribution in [3.8, 4) is 0 Å². The number of amides is 2. The number of nitrogens with one attached hydrogen (secondary N) is 2. The Morgan fingerprint density at radius 2 is 1.88 bits per heavy atom. The predicted octanol–water partition coefficient (Wildman–Crippen LogP) is 3.02. The van der Waals surface area contributed by atoms with E-state index in [1.165, 1.54) is 12.8 Å². The molecule has 2 N–H and O–H groups in total. The molecule has 4 aromatic rings. The minimum Gasteiger partial charge on any atom is -0.360 e. The number of anilines is 1. The van der Waals surface area contributed by atoms with Crippen LogP contribution in [0.5, 0.6) is 0 Å². The smallest absolute Gasteiger partial charge is 0.261 e. The van der Waals surface area contributed by atoms with Crippen molar-refractivity contribution in [1.82, 2.24) is 25.2 Å². The summed E-state index contributed by atoms with van der Waals surface area (Å²) in [6, 6.07) is 10.2. The van der Waals surface area contributed by atoms with Crippen molar-refractivity contribution in [3.63, 3.8) is 0 Å². The van der Waals surface area contributed by atoms with Crippen LogP contribution in [0.2, 0.25) is 0 Å². The van der Waals surface area contributed by atoms with Crippen LogP contribution in [-0.2, 0) is 9.59 Å². The molecule has 34 heavy (non-hydrogen) atoms. The SMILES string of the molecule is O=C1NC(=O)C(c2c[nH]c3ccsc23)=C1c1nc(N2CCN3CCC[C@H]3C2)nc2ccccc12. The van der Waals surface area contributed by atoms with E-state index in [0.29, 0.717) is 28.8 Å². The Labute approximate surface area is 199 Å². The molecule has 1 atom stereocenters. The molecule has 0 saturated carbocycles. The van der Waals surface area contributed by atoms with Crippen molar-refractivity contribution in [3.05, 3.63) is 53.2 Å². The minimum atomic E-state index is -0.415. The number of rotatable bonds is 3. The first-order chi connectivity index (χ1) is 16.7. The average Bonchev–Trinajstić information content (AvgIpc) is 3.62. The molecule has 1 aromatic carbocycles. The van der Waals surface area contributed by atoms with Gasteiger partial charge in [-0.3, -0.25) is 19.8 Å². The Kier molecular flexibility index (Phi) is 4.37. The quantitative estimate of drug-likeness (QED) is 0.447. The van der Waals surface area contributed by atoms with Gasteiger partial charge in [0.1, 0.15) is 0 Å². The van der Waals surface area contributed by atoms with Crippen molar-refractivity contribution >= 4 is 61.4 Å². The van der Waals surface area contributed by atoms with Crippen LogP contribution >= 0.6 is 11.3 Å². The van der Waals surface area contributed by atoms with Crippen LogP contribution in [0.4, 0.5) is 5.95 Å². The van der Waals surface area contributed by atoms with Gasteiger partial charge >= 0.3 is 0 Å². The lowest BCUT2D eigenvalue weighted by atomic mass is 9.99. The molecule has 9 heteroatoms. The van der Waals surface area contributed by atoms with E-state index in [1.54, 1.807) is 17.5 Å². The number of imide groups is 1. The van der Waals surface area contributed by atoms with Gasteiger partial charge in [-0.05, 0) is 36.9 Å². The zero-order chi connectivity index (χ0) is 22.8. The van der Waals surface area contributed by atoms with E-state index in [1.807, 2.05) is 35.7 Å². The molecule has 2 fully saturated rings. The highest BCUT2D eigenvalue weighted by molar-refractivity contribution is 7.17. The number of aromatic amines is 1. The highest BCUT2D eigenvalue weighted by Crippen LogP contribution is 2.38. The lowest BCUT2D eigenvalue weighted by Crippen LogP contribution is -2.50. The predicted molar refractivity (Wildman–Crippen MR) is 132 cm³/mol. The molecule has 3 aliphatic heterocycles. The van der Waals surface area contributed by atoms with Crippen molar-refractivity contribution in [1.29, 1.82) is 0 Å². The van der Waals surface area contributed by atoms with Gasteiger partial charge < -0.3 is 9.88 Å². The number of benzene rings is 1. The highest BCUT2D eigenvalue weighted by atomic mass is 32.1. The van der Waals surface area contributed by atoms with E-state index in [2.05, 4.69) is 20.1 Å². The van der Waals surface area contributed by atoms with Crippen LogP contribution < -0.4 is 10.2 Å². The van der Waals surface area contributed by atoms with Crippen molar-refractivity contribution < 1.29 is 9.59 Å². The summed E-state index contributed by atoms with van der Waals surface area (Å²) >= 11 is 1.54. The molecular formula is C25H22N6O2S. The van der Waals surface area contributed by atoms with Crippen LogP contribution in [0, 0.1) is 0 Å². The number of aromatic nitrogens is 3. The lowest BCUT2D eigenvalue weighted by molar-refractivity contribution is -0.122. The Bertz CT molecular complexity index is 1520. The minimum absolute atomic E-state index is 0.318. The zero-order valence-electron chi connectivity index (χ0n) is 18.4. The van der Waals surface area contributed by atoms with E-state index >= 15 is 0 Å².